The second-order valence-corrected chi connectivity index (χ2v) is 7.72. The second kappa shape index (κ2) is 9.10. The number of nitrogens with one attached hydrogen (secondary N) is 4. The van der Waals surface area contributed by atoms with Crippen LogP contribution in [0.3, 0.4) is 0 Å². The third kappa shape index (κ3) is 5.26. The van der Waals surface area contributed by atoms with Crippen LogP contribution in [0.5, 0.6) is 0 Å². The molecule has 3 aromatic rings. The van der Waals surface area contributed by atoms with E-state index >= 15 is 0 Å². The van der Waals surface area contributed by atoms with Crippen LogP contribution < -0.4 is 21.1 Å². The van der Waals surface area contributed by atoms with Crippen molar-refractivity contribution in [1.82, 2.24) is 25.2 Å². The van der Waals surface area contributed by atoms with Gasteiger partial charge in [-0.15, -0.1) is 4.83 Å². The zero-order valence-corrected chi connectivity index (χ0v) is 16.8. The Morgan fingerprint density at radius 3 is 2.23 bits per heavy atom. The van der Waals surface area contributed by atoms with Crippen LogP contribution in [-0.4, -0.2) is 34.2 Å². The molecule has 3 rings (SSSR count). The molecule has 0 unspecified atom stereocenters. The number of hydrogen-bond donors (Lipinski definition) is 4. The minimum absolute atomic E-state index is 0.0507. The van der Waals surface area contributed by atoms with Crippen molar-refractivity contribution >= 4 is 33.3 Å². The van der Waals surface area contributed by atoms with Gasteiger partial charge in [-0.3, -0.25) is 36.2 Å². The highest BCUT2D eigenvalue weighted by Gasteiger charge is 2.25. The first kappa shape index (κ1) is 21.5. The maximum atomic E-state index is 12.4. The number of aromatic nitrogens is 3. The lowest BCUT2D eigenvalue weighted by Gasteiger charge is -2.12. The number of anilines is 2. The number of rotatable bonds is 8. The van der Waals surface area contributed by atoms with Crippen LogP contribution in [0.1, 0.15) is 15.9 Å². The van der Waals surface area contributed by atoms with E-state index in [0.29, 0.717) is 0 Å². The number of amides is 1. The molecule has 0 saturated heterocycles. The molecule has 0 radical (unpaired) electrons. The molecule has 0 spiro atoms. The zero-order chi connectivity index (χ0) is 22.4. The van der Waals surface area contributed by atoms with Gasteiger partial charge in [0.05, 0.1) is 9.82 Å². The number of sulfonamides is 1. The number of carbonyl (C=O) groups excluding carboxylic acids is 1. The largest absolute Gasteiger partial charge is 0.356 e. The molecule has 0 aliphatic heterocycles. The fourth-order valence-corrected chi connectivity index (χ4v) is 3.16. The summed E-state index contributed by atoms with van der Waals surface area (Å²) < 4.78 is 24.8. The summed E-state index contributed by atoms with van der Waals surface area (Å²) in [4.78, 5) is 36.0. The fraction of sp³-hybridized carbons (Fsp3) is 0.0588. The quantitative estimate of drug-likeness (QED) is 0.290. The summed E-state index contributed by atoms with van der Waals surface area (Å²) in [6, 6.07) is 8.87. The molecule has 0 aliphatic rings. The van der Waals surface area contributed by atoms with Gasteiger partial charge in [0.25, 0.3) is 15.9 Å². The zero-order valence-electron chi connectivity index (χ0n) is 15.9. The van der Waals surface area contributed by atoms with E-state index in [1.54, 1.807) is 19.1 Å². The highest BCUT2D eigenvalue weighted by Crippen LogP contribution is 2.28. The summed E-state index contributed by atoms with van der Waals surface area (Å²) in [7, 11) is -4.03. The van der Waals surface area contributed by atoms with Gasteiger partial charge in [0.1, 0.15) is 6.33 Å². The van der Waals surface area contributed by atoms with Gasteiger partial charge in [-0.25, -0.2) is 18.4 Å². The smallest absolute Gasteiger partial charge is 0.286 e. The average Bonchev–Trinajstić information content (AvgIpc) is 2.76. The standard InChI is InChI=1S/C17H16N8O5S/c1-11-2-4-13(5-3-11)31(29,30)24-22-16-14(25(27)28)15(19-10-20-16)21-23-17(26)12-6-8-18-9-7-12/h2-10,24H,1H3,(H,23,26)(H2,19,20,21,22). The Morgan fingerprint density at radius 2 is 1.61 bits per heavy atom. The SMILES string of the molecule is Cc1ccc(S(=O)(=O)NNc2ncnc(NNC(=O)c3ccncc3)c2[N+](=O)[O-])cc1. The summed E-state index contributed by atoms with van der Waals surface area (Å²) in [5.41, 5.74) is 7.24. The molecule has 0 fully saturated rings. The number of benzene rings is 1. The van der Waals surface area contributed by atoms with E-state index in [4.69, 9.17) is 0 Å². The lowest BCUT2D eigenvalue weighted by molar-refractivity contribution is -0.383. The Hall–Kier alpha value is -4.17. The lowest BCUT2D eigenvalue weighted by atomic mass is 10.2. The first-order valence-corrected chi connectivity index (χ1v) is 10.1. The van der Waals surface area contributed by atoms with Crippen molar-refractivity contribution in [3.8, 4) is 0 Å². The fourth-order valence-electron chi connectivity index (χ4n) is 2.32. The van der Waals surface area contributed by atoms with Crippen LogP contribution in [0.15, 0.2) is 60.0 Å². The summed E-state index contributed by atoms with van der Waals surface area (Å²) >= 11 is 0. The van der Waals surface area contributed by atoms with E-state index in [1.165, 1.54) is 36.7 Å². The van der Waals surface area contributed by atoms with Gasteiger partial charge in [-0.2, -0.15) is 0 Å². The van der Waals surface area contributed by atoms with Crippen molar-refractivity contribution in [2.75, 3.05) is 10.9 Å². The summed E-state index contributed by atoms with van der Waals surface area (Å²) in [5.74, 6) is -1.39. The lowest BCUT2D eigenvalue weighted by Crippen LogP contribution is -2.32. The Balaban J connectivity index is 1.77. The average molecular weight is 444 g/mol. The molecule has 1 aromatic carbocycles. The molecule has 0 aliphatic carbocycles. The highest BCUT2D eigenvalue weighted by atomic mass is 32.2. The maximum Gasteiger partial charge on any atom is 0.356 e. The number of pyridine rings is 1. The van der Waals surface area contributed by atoms with Crippen molar-refractivity contribution in [2.24, 2.45) is 0 Å². The van der Waals surface area contributed by atoms with Gasteiger partial charge in [0, 0.05) is 18.0 Å². The Labute approximate surface area is 176 Å². The van der Waals surface area contributed by atoms with Crippen LogP contribution in [0.2, 0.25) is 0 Å². The molecule has 0 saturated carbocycles. The minimum Gasteiger partial charge on any atom is -0.286 e. The summed E-state index contributed by atoms with van der Waals surface area (Å²) in [5, 5.41) is 11.5. The van der Waals surface area contributed by atoms with Gasteiger partial charge in [0.2, 0.25) is 11.6 Å². The van der Waals surface area contributed by atoms with Crippen LogP contribution >= 0.6 is 0 Å². The molecule has 4 N–H and O–H groups in total. The van der Waals surface area contributed by atoms with E-state index in [2.05, 4.69) is 31.2 Å². The maximum absolute atomic E-state index is 12.4. The third-order valence-electron chi connectivity index (χ3n) is 3.88. The number of carbonyl (C=O) groups is 1. The number of hydrazine groups is 2. The Kier molecular flexibility index (Phi) is 6.32. The molecule has 31 heavy (non-hydrogen) atoms. The molecule has 14 heteroatoms. The van der Waals surface area contributed by atoms with E-state index in [9.17, 15) is 23.3 Å². The van der Waals surface area contributed by atoms with Crippen LogP contribution in [-0.2, 0) is 10.0 Å². The number of hydrogen-bond acceptors (Lipinski definition) is 10. The van der Waals surface area contributed by atoms with Gasteiger partial charge in [-0.05, 0) is 31.2 Å². The van der Waals surface area contributed by atoms with E-state index in [1.807, 2.05) is 4.83 Å². The molecule has 2 aromatic heterocycles. The van der Waals surface area contributed by atoms with E-state index in [-0.39, 0.29) is 16.3 Å². The number of nitro groups is 1. The van der Waals surface area contributed by atoms with Crippen molar-refractivity contribution in [3.63, 3.8) is 0 Å². The molecule has 13 nitrogen and oxygen atoms in total. The van der Waals surface area contributed by atoms with Crippen molar-refractivity contribution in [2.45, 2.75) is 11.8 Å². The van der Waals surface area contributed by atoms with E-state index < -0.39 is 32.4 Å². The molecule has 2 heterocycles. The van der Waals surface area contributed by atoms with Crippen molar-refractivity contribution < 1.29 is 18.1 Å². The van der Waals surface area contributed by atoms with Crippen LogP contribution in [0.4, 0.5) is 17.3 Å². The predicted molar refractivity (Wildman–Crippen MR) is 109 cm³/mol. The summed E-state index contributed by atoms with van der Waals surface area (Å²) in [6.45, 7) is 1.80. The molecule has 0 atom stereocenters. The first-order valence-electron chi connectivity index (χ1n) is 8.58. The van der Waals surface area contributed by atoms with Crippen molar-refractivity contribution in [3.05, 3.63) is 76.4 Å². The third-order valence-corrected chi connectivity index (χ3v) is 5.14. The molecule has 1 amide bonds. The molecule has 160 valence electrons. The molecule has 0 bridgehead atoms. The Bertz CT molecular complexity index is 1200. The van der Waals surface area contributed by atoms with Gasteiger partial charge in [0.15, 0.2) is 0 Å². The first-order chi connectivity index (χ1) is 14.8. The van der Waals surface area contributed by atoms with E-state index in [0.717, 1.165) is 11.9 Å². The second-order valence-electron chi connectivity index (χ2n) is 6.04. The van der Waals surface area contributed by atoms with Crippen LogP contribution in [0, 0.1) is 17.0 Å². The molecular formula is C17H16N8O5S. The van der Waals surface area contributed by atoms with Crippen LogP contribution in [0.25, 0.3) is 0 Å². The minimum atomic E-state index is -4.03. The summed E-state index contributed by atoms with van der Waals surface area (Å²) in [6.07, 6.45) is 3.77. The molecular weight excluding hydrogens is 428 g/mol. The van der Waals surface area contributed by atoms with Gasteiger partial charge < -0.3 is 0 Å². The highest BCUT2D eigenvalue weighted by molar-refractivity contribution is 7.89. The van der Waals surface area contributed by atoms with Gasteiger partial charge >= 0.3 is 5.69 Å². The predicted octanol–water partition coefficient (Wildman–Crippen LogP) is 1.15. The monoisotopic (exact) mass is 444 g/mol. The van der Waals surface area contributed by atoms with Crippen molar-refractivity contribution in [1.29, 1.82) is 0 Å². The number of nitrogens with zero attached hydrogens (tertiary/aromatic N) is 4. The van der Waals surface area contributed by atoms with Gasteiger partial charge in [-0.1, -0.05) is 17.7 Å². The Morgan fingerprint density at radius 1 is 1.00 bits per heavy atom. The normalized spacial score (nSPS) is 10.9. The number of aryl methyl sites for hydroxylation is 1. The topological polar surface area (TPSA) is 181 Å².